The fraction of sp³-hybridized carbons (Fsp3) is 0.400. The molecule has 2 aliphatic carbocycles. The summed E-state index contributed by atoms with van der Waals surface area (Å²) in [5, 5.41) is 8.31. The first kappa shape index (κ1) is 25.6. The number of anilines is 1. The molecule has 1 aliphatic heterocycles. The van der Waals surface area contributed by atoms with Gasteiger partial charge in [-0.1, -0.05) is 55.3 Å². The molecule has 2 saturated carbocycles. The number of nitrogens with zero attached hydrogens (tertiary/aromatic N) is 2. The SMILES string of the molecule is O=C(NC1CC1)c1ccc(-c2csc(NC(=O)[C@@H]3C[C@@H]4CCCC[C@@H]4N3C(=O)OCc3ccccc3)n2)cc1. The summed E-state index contributed by atoms with van der Waals surface area (Å²) in [5.41, 5.74) is 3.13. The molecule has 3 fully saturated rings. The van der Waals surface area contributed by atoms with Crippen molar-refractivity contribution >= 4 is 34.4 Å². The highest BCUT2D eigenvalue weighted by Crippen LogP contribution is 2.40. The smallest absolute Gasteiger partial charge is 0.411 e. The minimum Gasteiger partial charge on any atom is -0.445 e. The Morgan fingerprint density at radius 1 is 0.974 bits per heavy atom. The zero-order valence-electron chi connectivity index (χ0n) is 21.7. The summed E-state index contributed by atoms with van der Waals surface area (Å²) in [4.78, 5) is 45.3. The topological polar surface area (TPSA) is 101 Å². The van der Waals surface area contributed by atoms with Crippen molar-refractivity contribution in [2.45, 2.75) is 69.7 Å². The number of hydrogen-bond donors (Lipinski definition) is 2. The predicted molar refractivity (Wildman–Crippen MR) is 149 cm³/mol. The van der Waals surface area contributed by atoms with Crippen LogP contribution in [-0.2, 0) is 16.1 Å². The fourth-order valence-electron chi connectivity index (χ4n) is 5.69. The molecule has 9 heteroatoms. The van der Waals surface area contributed by atoms with Crippen LogP contribution in [0.25, 0.3) is 11.3 Å². The van der Waals surface area contributed by atoms with Gasteiger partial charge in [0.05, 0.1) is 5.69 Å². The third-order valence-electron chi connectivity index (χ3n) is 7.90. The average Bonchev–Trinajstić information content (AvgIpc) is 3.51. The van der Waals surface area contributed by atoms with Crippen LogP contribution in [0.15, 0.2) is 60.0 Å². The highest BCUT2D eigenvalue weighted by atomic mass is 32.1. The zero-order chi connectivity index (χ0) is 26.8. The molecule has 0 unspecified atom stereocenters. The molecule has 0 spiro atoms. The molecule has 2 heterocycles. The van der Waals surface area contributed by atoms with E-state index in [-0.39, 0.29) is 24.5 Å². The van der Waals surface area contributed by atoms with Crippen LogP contribution < -0.4 is 10.6 Å². The van der Waals surface area contributed by atoms with Gasteiger partial charge in [0, 0.05) is 28.6 Å². The summed E-state index contributed by atoms with van der Waals surface area (Å²) in [5.74, 6) is 0.0228. The number of ether oxygens (including phenoxy) is 1. The van der Waals surface area contributed by atoms with E-state index in [4.69, 9.17) is 4.74 Å². The summed E-state index contributed by atoms with van der Waals surface area (Å²) < 4.78 is 5.67. The van der Waals surface area contributed by atoms with E-state index in [1.54, 1.807) is 17.0 Å². The molecule has 0 radical (unpaired) electrons. The Hall–Kier alpha value is -3.72. The molecular formula is C30H32N4O4S. The van der Waals surface area contributed by atoms with Crippen molar-refractivity contribution in [3.8, 4) is 11.3 Å². The fourth-order valence-corrected chi connectivity index (χ4v) is 6.41. The first-order chi connectivity index (χ1) is 19.0. The minimum absolute atomic E-state index is 0.0280. The van der Waals surface area contributed by atoms with Gasteiger partial charge in [-0.15, -0.1) is 11.3 Å². The van der Waals surface area contributed by atoms with Crippen molar-refractivity contribution in [3.05, 3.63) is 71.1 Å². The van der Waals surface area contributed by atoms with Gasteiger partial charge in [0.15, 0.2) is 5.13 Å². The number of benzene rings is 2. The maximum Gasteiger partial charge on any atom is 0.411 e. The Balaban J connectivity index is 1.12. The molecule has 3 amide bonds. The zero-order valence-corrected chi connectivity index (χ0v) is 22.5. The second-order valence-electron chi connectivity index (χ2n) is 10.7. The van der Waals surface area contributed by atoms with Gasteiger partial charge in [-0.25, -0.2) is 9.78 Å². The summed E-state index contributed by atoms with van der Waals surface area (Å²) in [7, 11) is 0. The van der Waals surface area contributed by atoms with Crippen LogP contribution in [-0.4, -0.2) is 45.9 Å². The molecular weight excluding hydrogens is 512 g/mol. The Morgan fingerprint density at radius 2 is 1.74 bits per heavy atom. The standard InChI is InChI=1S/C30H32N4O4S/c35-27(31-23-14-15-23)21-12-10-20(11-13-21)24-18-39-29(32-24)33-28(36)26-16-22-8-4-5-9-25(22)34(26)30(37)38-17-19-6-2-1-3-7-19/h1-3,6-7,10-13,18,22-23,25-26H,4-5,8-9,14-17H2,(H,31,35)(H,32,33,36)/t22-,25-,26-/m0/s1. The number of carbonyl (C=O) groups excluding carboxylic acids is 3. The van der Waals surface area contributed by atoms with Gasteiger partial charge < -0.3 is 15.4 Å². The number of amides is 3. The maximum absolute atomic E-state index is 13.5. The van der Waals surface area contributed by atoms with Crippen LogP contribution in [0.1, 0.15) is 60.9 Å². The van der Waals surface area contributed by atoms with E-state index < -0.39 is 12.1 Å². The van der Waals surface area contributed by atoms with E-state index in [1.165, 1.54) is 11.3 Å². The van der Waals surface area contributed by atoms with Crippen molar-refractivity contribution < 1.29 is 19.1 Å². The van der Waals surface area contributed by atoms with Crippen LogP contribution in [0.3, 0.4) is 0 Å². The lowest BCUT2D eigenvalue weighted by Crippen LogP contribution is -2.48. The Bertz CT molecular complexity index is 1340. The monoisotopic (exact) mass is 544 g/mol. The van der Waals surface area contributed by atoms with Crippen LogP contribution in [0.4, 0.5) is 9.93 Å². The van der Waals surface area contributed by atoms with Gasteiger partial charge in [0.2, 0.25) is 5.91 Å². The first-order valence-electron chi connectivity index (χ1n) is 13.7. The molecule has 39 heavy (non-hydrogen) atoms. The van der Waals surface area contributed by atoms with E-state index in [2.05, 4.69) is 15.6 Å². The van der Waals surface area contributed by atoms with E-state index in [9.17, 15) is 14.4 Å². The number of hydrogen-bond acceptors (Lipinski definition) is 6. The van der Waals surface area contributed by atoms with E-state index in [0.29, 0.717) is 29.1 Å². The van der Waals surface area contributed by atoms with Gasteiger partial charge in [0.1, 0.15) is 12.6 Å². The van der Waals surface area contributed by atoms with Crippen LogP contribution in [0.2, 0.25) is 0 Å². The summed E-state index contributed by atoms with van der Waals surface area (Å²) >= 11 is 1.34. The summed E-state index contributed by atoms with van der Waals surface area (Å²) in [6.45, 7) is 0.179. The normalized spacial score (nSPS) is 22.2. The van der Waals surface area contributed by atoms with Gasteiger partial charge in [0.25, 0.3) is 5.91 Å². The number of rotatable bonds is 7. The second kappa shape index (κ2) is 11.2. The quantitative estimate of drug-likeness (QED) is 0.403. The van der Waals surface area contributed by atoms with Gasteiger partial charge in [-0.3, -0.25) is 14.5 Å². The molecule has 8 nitrogen and oxygen atoms in total. The Kier molecular flexibility index (Phi) is 7.32. The van der Waals surface area contributed by atoms with Crippen LogP contribution in [0, 0.1) is 5.92 Å². The van der Waals surface area contributed by atoms with Gasteiger partial charge >= 0.3 is 6.09 Å². The highest BCUT2D eigenvalue weighted by Gasteiger charge is 2.48. The van der Waals surface area contributed by atoms with Gasteiger partial charge in [-0.2, -0.15) is 0 Å². The third kappa shape index (κ3) is 5.83. The Morgan fingerprint density at radius 3 is 2.51 bits per heavy atom. The molecule has 3 atom stereocenters. The molecule has 202 valence electrons. The lowest BCUT2D eigenvalue weighted by Gasteiger charge is -2.32. The average molecular weight is 545 g/mol. The lowest BCUT2D eigenvalue weighted by molar-refractivity contribution is -0.120. The lowest BCUT2D eigenvalue weighted by atomic mass is 9.85. The van der Waals surface area contributed by atoms with Crippen LogP contribution in [0.5, 0.6) is 0 Å². The molecule has 2 aromatic carbocycles. The Labute approximate surface area is 231 Å². The largest absolute Gasteiger partial charge is 0.445 e. The van der Waals surface area contributed by atoms with Gasteiger partial charge in [-0.05, 0) is 55.7 Å². The molecule has 1 aromatic heterocycles. The molecule has 0 bridgehead atoms. The maximum atomic E-state index is 13.5. The molecule has 3 aromatic rings. The summed E-state index contributed by atoms with van der Waals surface area (Å²) in [6.07, 6.45) is 6.39. The van der Waals surface area contributed by atoms with E-state index in [0.717, 1.165) is 55.3 Å². The van der Waals surface area contributed by atoms with E-state index >= 15 is 0 Å². The van der Waals surface area contributed by atoms with Crippen LogP contribution >= 0.6 is 11.3 Å². The second-order valence-corrected chi connectivity index (χ2v) is 11.5. The summed E-state index contributed by atoms with van der Waals surface area (Å²) in [6, 6.07) is 16.7. The number of aromatic nitrogens is 1. The highest BCUT2D eigenvalue weighted by molar-refractivity contribution is 7.14. The predicted octanol–water partition coefficient (Wildman–Crippen LogP) is 5.61. The first-order valence-corrected chi connectivity index (χ1v) is 14.6. The number of nitrogens with one attached hydrogen (secondary N) is 2. The third-order valence-corrected chi connectivity index (χ3v) is 8.65. The number of likely N-dealkylation sites (tertiary alicyclic amines) is 1. The van der Waals surface area contributed by atoms with Crippen molar-refractivity contribution in [3.63, 3.8) is 0 Å². The van der Waals surface area contributed by atoms with Crippen molar-refractivity contribution in [2.24, 2.45) is 5.92 Å². The van der Waals surface area contributed by atoms with Crippen molar-refractivity contribution in [2.75, 3.05) is 5.32 Å². The molecule has 3 aliphatic rings. The molecule has 1 saturated heterocycles. The molecule has 2 N–H and O–H groups in total. The van der Waals surface area contributed by atoms with Crippen molar-refractivity contribution in [1.29, 1.82) is 0 Å². The molecule has 6 rings (SSSR count). The minimum atomic E-state index is -0.585. The van der Waals surface area contributed by atoms with Crippen molar-refractivity contribution in [1.82, 2.24) is 15.2 Å². The number of carbonyl (C=O) groups is 3. The van der Waals surface area contributed by atoms with E-state index in [1.807, 2.05) is 47.8 Å². The number of fused-ring (bicyclic) bond motifs is 1. The number of thiazole rings is 1.